The third kappa shape index (κ3) is 7.24. The zero-order valence-corrected chi connectivity index (χ0v) is 20.8. The second kappa shape index (κ2) is 12.1. The molecule has 1 fully saturated rings. The molecule has 4 N–H and O–H groups in total. The molecule has 7 nitrogen and oxygen atoms in total. The SMILES string of the molecule is Nc1ccc(CNC(=O)[C@H](Cc2ccc(F)c(F)c2)NC(=O)[C@H]2CCCN2Cc2cccc(Cl)c2)cn1. The first-order valence-corrected chi connectivity index (χ1v) is 12.4. The highest BCUT2D eigenvalue weighted by molar-refractivity contribution is 6.30. The van der Waals surface area contributed by atoms with E-state index in [1.165, 1.54) is 6.07 Å². The van der Waals surface area contributed by atoms with Crippen molar-refractivity contribution < 1.29 is 18.4 Å². The van der Waals surface area contributed by atoms with Gasteiger partial charge in [0.15, 0.2) is 11.6 Å². The van der Waals surface area contributed by atoms with Crippen molar-refractivity contribution in [1.82, 2.24) is 20.5 Å². The molecule has 2 amide bonds. The molecule has 1 aliphatic rings. The van der Waals surface area contributed by atoms with Crippen molar-refractivity contribution in [2.45, 2.75) is 44.4 Å². The first kappa shape index (κ1) is 26.5. The van der Waals surface area contributed by atoms with E-state index in [4.69, 9.17) is 17.3 Å². The lowest BCUT2D eigenvalue weighted by Crippen LogP contribution is -2.52. The van der Waals surface area contributed by atoms with Crippen molar-refractivity contribution in [3.05, 3.63) is 94.1 Å². The fourth-order valence-corrected chi connectivity index (χ4v) is 4.63. The maximum Gasteiger partial charge on any atom is 0.243 e. The number of benzene rings is 2. The molecule has 2 atom stereocenters. The van der Waals surface area contributed by atoms with E-state index >= 15 is 0 Å². The molecule has 1 saturated heterocycles. The standard InChI is InChI=1S/C27H28ClF2N5O2/c28-20-4-1-3-18(11-20)16-35-10-2-5-24(35)27(37)34-23(13-17-6-8-21(29)22(30)12-17)26(36)33-15-19-7-9-25(31)32-14-19/h1,3-4,6-9,11-12,14,23-24H,2,5,10,13,15-16H2,(H2,31,32)(H,33,36)(H,34,37)/t23-,24+/m0/s1. The molecule has 194 valence electrons. The summed E-state index contributed by atoms with van der Waals surface area (Å²) in [6.07, 6.45) is 3.02. The van der Waals surface area contributed by atoms with Gasteiger partial charge in [0.2, 0.25) is 11.8 Å². The predicted octanol–water partition coefficient (Wildman–Crippen LogP) is 3.60. The molecule has 0 bridgehead atoms. The van der Waals surface area contributed by atoms with Gasteiger partial charge in [-0.25, -0.2) is 13.8 Å². The zero-order chi connectivity index (χ0) is 26.4. The summed E-state index contributed by atoms with van der Waals surface area (Å²) in [7, 11) is 0. The summed E-state index contributed by atoms with van der Waals surface area (Å²) >= 11 is 6.11. The maximum atomic E-state index is 13.8. The number of likely N-dealkylation sites (tertiary alicyclic amines) is 1. The van der Waals surface area contributed by atoms with Crippen molar-refractivity contribution in [1.29, 1.82) is 0 Å². The monoisotopic (exact) mass is 527 g/mol. The van der Waals surface area contributed by atoms with Crippen LogP contribution in [-0.4, -0.2) is 40.3 Å². The minimum absolute atomic E-state index is 0.00419. The van der Waals surface area contributed by atoms with E-state index in [9.17, 15) is 18.4 Å². The summed E-state index contributed by atoms with van der Waals surface area (Å²) in [6, 6.07) is 12.8. The lowest BCUT2D eigenvalue weighted by molar-refractivity contribution is -0.131. The number of rotatable bonds is 9. The second-order valence-corrected chi connectivity index (χ2v) is 9.52. The first-order valence-electron chi connectivity index (χ1n) is 12.0. The number of nitrogen functional groups attached to an aromatic ring is 1. The van der Waals surface area contributed by atoms with E-state index in [2.05, 4.69) is 15.6 Å². The third-order valence-corrected chi connectivity index (χ3v) is 6.55. The van der Waals surface area contributed by atoms with Crippen LogP contribution in [0, 0.1) is 11.6 Å². The van der Waals surface area contributed by atoms with Crippen molar-refractivity contribution in [3.8, 4) is 0 Å². The molecule has 1 aromatic heterocycles. The molecular formula is C27H28ClF2N5O2. The summed E-state index contributed by atoms with van der Waals surface area (Å²) in [4.78, 5) is 32.5. The number of nitrogens with one attached hydrogen (secondary N) is 2. The maximum absolute atomic E-state index is 13.8. The number of nitrogens with two attached hydrogens (primary N) is 1. The van der Waals surface area contributed by atoms with E-state index in [0.29, 0.717) is 29.4 Å². The van der Waals surface area contributed by atoms with Gasteiger partial charge in [0.05, 0.1) is 6.04 Å². The molecule has 0 spiro atoms. The highest BCUT2D eigenvalue weighted by Gasteiger charge is 2.33. The van der Waals surface area contributed by atoms with Crippen LogP contribution >= 0.6 is 11.6 Å². The number of carbonyl (C=O) groups is 2. The third-order valence-electron chi connectivity index (χ3n) is 6.31. The fraction of sp³-hybridized carbons (Fsp3) is 0.296. The van der Waals surface area contributed by atoms with E-state index in [1.807, 2.05) is 23.1 Å². The molecule has 0 unspecified atom stereocenters. The number of aromatic nitrogens is 1. The Hall–Kier alpha value is -3.56. The van der Waals surface area contributed by atoms with Crippen LogP contribution in [0.5, 0.6) is 0 Å². The highest BCUT2D eigenvalue weighted by atomic mass is 35.5. The van der Waals surface area contributed by atoms with Gasteiger partial charge in [-0.1, -0.05) is 35.9 Å². The van der Waals surface area contributed by atoms with E-state index in [-0.39, 0.29) is 18.9 Å². The number of hydrogen-bond donors (Lipinski definition) is 3. The molecule has 3 aromatic rings. The largest absolute Gasteiger partial charge is 0.384 e. The minimum Gasteiger partial charge on any atom is -0.384 e. The summed E-state index contributed by atoms with van der Waals surface area (Å²) in [5.41, 5.74) is 7.70. The lowest BCUT2D eigenvalue weighted by Gasteiger charge is -2.26. The van der Waals surface area contributed by atoms with Crippen LogP contribution in [0.2, 0.25) is 5.02 Å². The average molecular weight is 528 g/mol. The van der Waals surface area contributed by atoms with Gasteiger partial charge in [0.1, 0.15) is 11.9 Å². The molecule has 0 saturated carbocycles. The second-order valence-electron chi connectivity index (χ2n) is 9.08. The number of nitrogens with zero attached hydrogens (tertiary/aromatic N) is 2. The lowest BCUT2D eigenvalue weighted by atomic mass is 10.0. The van der Waals surface area contributed by atoms with Crippen molar-refractivity contribution in [3.63, 3.8) is 0 Å². The molecule has 2 heterocycles. The minimum atomic E-state index is -1.01. The molecular weight excluding hydrogens is 500 g/mol. The normalized spacial score (nSPS) is 16.4. The number of pyridine rings is 1. The zero-order valence-electron chi connectivity index (χ0n) is 20.1. The van der Waals surface area contributed by atoms with Crippen molar-refractivity contribution >= 4 is 29.2 Å². The summed E-state index contributed by atoms with van der Waals surface area (Å²) in [6.45, 7) is 1.44. The van der Waals surface area contributed by atoms with E-state index < -0.39 is 29.6 Å². The van der Waals surface area contributed by atoms with Crippen LogP contribution in [0.3, 0.4) is 0 Å². The highest BCUT2D eigenvalue weighted by Crippen LogP contribution is 2.22. The number of hydrogen-bond acceptors (Lipinski definition) is 5. The van der Waals surface area contributed by atoms with Gasteiger partial charge in [-0.3, -0.25) is 14.5 Å². The Morgan fingerprint density at radius 2 is 1.89 bits per heavy atom. The molecule has 10 heteroatoms. The van der Waals surface area contributed by atoms with Gasteiger partial charge in [0.25, 0.3) is 0 Å². The Kier molecular flexibility index (Phi) is 8.68. The molecule has 4 rings (SSSR count). The van der Waals surface area contributed by atoms with Gasteiger partial charge in [-0.15, -0.1) is 0 Å². The number of amides is 2. The van der Waals surface area contributed by atoms with Gasteiger partial charge in [0, 0.05) is 30.7 Å². The van der Waals surface area contributed by atoms with Crippen molar-refractivity contribution in [2.24, 2.45) is 0 Å². The molecule has 2 aromatic carbocycles. The van der Waals surface area contributed by atoms with E-state index in [1.54, 1.807) is 24.4 Å². The Labute approximate surface area is 219 Å². The van der Waals surface area contributed by atoms with Crippen molar-refractivity contribution in [2.75, 3.05) is 12.3 Å². The number of carbonyl (C=O) groups excluding carboxylic acids is 2. The van der Waals surface area contributed by atoms with Crippen LogP contribution in [0.15, 0.2) is 60.8 Å². The first-order chi connectivity index (χ1) is 17.8. The Bertz CT molecular complexity index is 1260. The summed E-state index contributed by atoms with van der Waals surface area (Å²) in [5, 5.41) is 6.25. The van der Waals surface area contributed by atoms with Crippen LogP contribution in [0.1, 0.15) is 29.5 Å². The van der Waals surface area contributed by atoms with Gasteiger partial charge >= 0.3 is 0 Å². The summed E-state index contributed by atoms with van der Waals surface area (Å²) in [5.74, 6) is -2.38. The number of anilines is 1. The van der Waals surface area contributed by atoms with E-state index in [0.717, 1.165) is 36.2 Å². The average Bonchev–Trinajstić information content (AvgIpc) is 3.33. The smallest absolute Gasteiger partial charge is 0.243 e. The molecule has 0 radical (unpaired) electrons. The number of halogens is 3. The molecule has 0 aliphatic carbocycles. The Balaban J connectivity index is 1.47. The summed E-state index contributed by atoms with van der Waals surface area (Å²) < 4.78 is 27.3. The predicted molar refractivity (Wildman–Crippen MR) is 137 cm³/mol. The van der Waals surface area contributed by atoms with Crippen LogP contribution in [0.4, 0.5) is 14.6 Å². The van der Waals surface area contributed by atoms with Crippen LogP contribution < -0.4 is 16.4 Å². The van der Waals surface area contributed by atoms with Gasteiger partial charge in [-0.2, -0.15) is 0 Å². The molecule has 37 heavy (non-hydrogen) atoms. The Morgan fingerprint density at radius 1 is 1.08 bits per heavy atom. The van der Waals surface area contributed by atoms with Gasteiger partial charge < -0.3 is 16.4 Å². The van der Waals surface area contributed by atoms with Gasteiger partial charge in [-0.05, 0) is 66.4 Å². The molecule has 1 aliphatic heterocycles. The Morgan fingerprint density at radius 3 is 2.62 bits per heavy atom. The topological polar surface area (TPSA) is 100 Å². The van der Waals surface area contributed by atoms with Crippen LogP contribution in [-0.2, 0) is 29.1 Å². The van der Waals surface area contributed by atoms with Crippen LogP contribution in [0.25, 0.3) is 0 Å². The fourth-order valence-electron chi connectivity index (χ4n) is 4.41. The quantitative estimate of drug-likeness (QED) is 0.395.